The van der Waals surface area contributed by atoms with Crippen molar-refractivity contribution in [1.82, 2.24) is 15.2 Å². The summed E-state index contributed by atoms with van der Waals surface area (Å²) in [5.41, 5.74) is 1.34. The fraction of sp³-hybridized carbons (Fsp3) is 0.824. The number of hydrogen-bond acceptors (Lipinski definition) is 5. The molecule has 0 amide bonds. The summed E-state index contributed by atoms with van der Waals surface area (Å²) in [6, 6.07) is 0.959. The summed E-state index contributed by atoms with van der Waals surface area (Å²) >= 11 is 1.88. The van der Waals surface area contributed by atoms with E-state index in [1.807, 2.05) is 11.3 Å². The maximum absolute atomic E-state index is 9.35. The van der Waals surface area contributed by atoms with Crippen LogP contribution in [0.5, 0.6) is 0 Å². The minimum Gasteiger partial charge on any atom is -0.395 e. The molecule has 0 bridgehead atoms. The van der Waals surface area contributed by atoms with Gasteiger partial charge in [-0.15, -0.1) is 11.3 Å². The molecule has 1 aromatic heterocycles. The summed E-state index contributed by atoms with van der Waals surface area (Å²) < 4.78 is 0. The van der Waals surface area contributed by atoms with Crippen molar-refractivity contribution in [3.8, 4) is 0 Å². The van der Waals surface area contributed by atoms with Gasteiger partial charge < -0.3 is 10.4 Å². The Labute approximate surface area is 137 Å². The van der Waals surface area contributed by atoms with Crippen molar-refractivity contribution in [3.05, 3.63) is 15.6 Å². The van der Waals surface area contributed by atoms with Gasteiger partial charge in [0, 0.05) is 17.0 Å². The number of rotatable bonds is 7. The van der Waals surface area contributed by atoms with Crippen LogP contribution in [0.25, 0.3) is 0 Å². The zero-order chi connectivity index (χ0) is 15.4. The Balaban J connectivity index is 1.37. The number of fused-ring (bicyclic) bond motifs is 1. The summed E-state index contributed by atoms with van der Waals surface area (Å²) in [6.45, 7) is 5.85. The largest absolute Gasteiger partial charge is 0.395 e. The minimum absolute atomic E-state index is 0.327. The monoisotopic (exact) mass is 323 g/mol. The molecule has 2 heterocycles. The first-order chi connectivity index (χ1) is 10.8. The average Bonchev–Trinajstić information content (AvgIpc) is 3.12. The zero-order valence-corrected chi connectivity index (χ0v) is 14.5. The predicted octanol–water partition coefficient (Wildman–Crippen LogP) is 2.66. The van der Waals surface area contributed by atoms with E-state index in [0.717, 1.165) is 19.5 Å². The van der Waals surface area contributed by atoms with Crippen molar-refractivity contribution in [2.75, 3.05) is 26.2 Å². The number of hydrogen-bond donors (Lipinski definition) is 2. The molecular formula is C17H29N3OS. The van der Waals surface area contributed by atoms with Gasteiger partial charge in [-0.05, 0) is 71.5 Å². The zero-order valence-electron chi connectivity index (χ0n) is 13.7. The van der Waals surface area contributed by atoms with E-state index in [-0.39, 0.29) is 0 Å². The van der Waals surface area contributed by atoms with Crippen molar-refractivity contribution in [1.29, 1.82) is 0 Å². The fourth-order valence-electron chi connectivity index (χ4n) is 3.85. The molecule has 0 saturated carbocycles. The molecule has 2 unspecified atom stereocenters. The van der Waals surface area contributed by atoms with E-state index in [1.165, 1.54) is 60.6 Å². The first-order valence-corrected chi connectivity index (χ1v) is 9.64. The number of unbranched alkanes of at least 4 members (excludes halogenated alkanes) is 1. The highest BCUT2D eigenvalue weighted by Crippen LogP contribution is 2.33. The van der Waals surface area contributed by atoms with E-state index in [2.05, 4.69) is 22.1 Å². The molecule has 2 N–H and O–H groups in total. The Bertz CT molecular complexity index is 476. The summed E-state index contributed by atoms with van der Waals surface area (Å²) in [5.74, 6) is 0. The minimum atomic E-state index is 0.327. The standard InChI is InChI=1S/C17H29N3OS/c1-13-19-16-8-4-7-15(17(16)22-13)18-9-2-3-10-20-11-5-6-14(20)12-21/h14-15,18,21H,2-12H2,1H3. The highest BCUT2D eigenvalue weighted by Gasteiger charge is 2.24. The van der Waals surface area contributed by atoms with Gasteiger partial charge in [-0.1, -0.05) is 0 Å². The second-order valence-corrected chi connectivity index (χ2v) is 7.90. The van der Waals surface area contributed by atoms with E-state index in [4.69, 9.17) is 0 Å². The molecular weight excluding hydrogens is 294 g/mol. The molecule has 1 aliphatic carbocycles. The first-order valence-electron chi connectivity index (χ1n) is 8.82. The molecule has 4 nitrogen and oxygen atoms in total. The molecule has 0 aromatic carbocycles. The molecule has 1 aliphatic heterocycles. The van der Waals surface area contributed by atoms with Crippen molar-refractivity contribution in [2.24, 2.45) is 0 Å². The molecule has 124 valence electrons. The van der Waals surface area contributed by atoms with Gasteiger partial charge in [0.15, 0.2) is 0 Å². The van der Waals surface area contributed by atoms with E-state index in [9.17, 15) is 5.11 Å². The highest BCUT2D eigenvalue weighted by molar-refractivity contribution is 7.11. The Morgan fingerprint density at radius 3 is 3.09 bits per heavy atom. The highest BCUT2D eigenvalue weighted by atomic mass is 32.1. The maximum Gasteiger partial charge on any atom is 0.0900 e. The van der Waals surface area contributed by atoms with Crippen LogP contribution in [-0.2, 0) is 6.42 Å². The van der Waals surface area contributed by atoms with Crippen LogP contribution in [0.15, 0.2) is 0 Å². The van der Waals surface area contributed by atoms with E-state index in [0.29, 0.717) is 18.7 Å². The van der Waals surface area contributed by atoms with Gasteiger partial charge in [0.25, 0.3) is 0 Å². The number of likely N-dealkylation sites (tertiary alicyclic amines) is 1. The van der Waals surface area contributed by atoms with Gasteiger partial charge >= 0.3 is 0 Å². The number of aryl methyl sites for hydroxylation is 2. The fourth-order valence-corrected chi connectivity index (χ4v) is 4.93. The third-order valence-corrected chi connectivity index (χ3v) is 6.16. The van der Waals surface area contributed by atoms with Gasteiger partial charge in [0.2, 0.25) is 0 Å². The summed E-state index contributed by atoms with van der Waals surface area (Å²) in [5, 5.41) is 14.3. The Hall–Kier alpha value is -0.490. The lowest BCUT2D eigenvalue weighted by Crippen LogP contribution is -2.33. The van der Waals surface area contributed by atoms with E-state index < -0.39 is 0 Å². The van der Waals surface area contributed by atoms with Gasteiger partial charge in [-0.2, -0.15) is 0 Å². The SMILES string of the molecule is Cc1nc2c(s1)C(NCCCCN1CCCC1CO)CCC2. The van der Waals surface area contributed by atoms with Crippen LogP contribution in [-0.4, -0.2) is 47.3 Å². The molecule has 2 atom stereocenters. The van der Waals surface area contributed by atoms with Crippen LogP contribution in [0.2, 0.25) is 0 Å². The third kappa shape index (κ3) is 3.88. The molecule has 3 rings (SSSR count). The number of aliphatic hydroxyl groups is 1. The number of thiazole rings is 1. The van der Waals surface area contributed by atoms with Crippen LogP contribution in [0.3, 0.4) is 0 Å². The Kier molecular flexibility index (Phi) is 5.85. The predicted molar refractivity (Wildman–Crippen MR) is 91.4 cm³/mol. The molecule has 1 fully saturated rings. The number of aliphatic hydroxyl groups excluding tert-OH is 1. The lowest BCUT2D eigenvalue weighted by molar-refractivity contribution is 0.157. The third-order valence-electron chi connectivity index (χ3n) is 5.03. The topological polar surface area (TPSA) is 48.4 Å². The number of aromatic nitrogens is 1. The normalized spacial score (nSPS) is 25.5. The summed E-state index contributed by atoms with van der Waals surface area (Å²) in [6.07, 6.45) is 8.55. The second-order valence-electron chi connectivity index (χ2n) is 6.66. The summed E-state index contributed by atoms with van der Waals surface area (Å²) in [4.78, 5) is 8.62. The lowest BCUT2D eigenvalue weighted by atomic mass is 9.98. The van der Waals surface area contributed by atoms with Gasteiger partial charge in [0.05, 0.1) is 17.3 Å². The first kappa shape index (κ1) is 16.4. The Morgan fingerprint density at radius 2 is 2.23 bits per heavy atom. The van der Waals surface area contributed by atoms with Gasteiger partial charge in [-0.25, -0.2) is 4.98 Å². The molecule has 1 saturated heterocycles. The van der Waals surface area contributed by atoms with Gasteiger partial charge in [0.1, 0.15) is 0 Å². The quantitative estimate of drug-likeness (QED) is 0.758. The van der Waals surface area contributed by atoms with Crippen LogP contribution >= 0.6 is 11.3 Å². The number of nitrogens with one attached hydrogen (secondary N) is 1. The average molecular weight is 324 g/mol. The van der Waals surface area contributed by atoms with Crippen LogP contribution < -0.4 is 5.32 Å². The van der Waals surface area contributed by atoms with Crippen LogP contribution in [0.4, 0.5) is 0 Å². The van der Waals surface area contributed by atoms with Crippen molar-refractivity contribution < 1.29 is 5.11 Å². The van der Waals surface area contributed by atoms with Crippen molar-refractivity contribution >= 4 is 11.3 Å². The number of nitrogens with zero attached hydrogens (tertiary/aromatic N) is 2. The molecule has 22 heavy (non-hydrogen) atoms. The smallest absolute Gasteiger partial charge is 0.0900 e. The van der Waals surface area contributed by atoms with E-state index >= 15 is 0 Å². The molecule has 0 spiro atoms. The molecule has 0 radical (unpaired) electrons. The molecule has 2 aliphatic rings. The maximum atomic E-state index is 9.35. The van der Waals surface area contributed by atoms with Crippen LogP contribution in [0.1, 0.15) is 60.1 Å². The Morgan fingerprint density at radius 1 is 1.32 bits per heavy atom. The van der Waals surface area contributed by atoms with Crippen LogP contribution in [0, 0.1) is 6.92 Å². The van der Waals surface area contributed by atoms with Crippen molar-refractivity contribution in [2.45, 2.75) is 64.0 Å². The summed E-state index contributed by atoms with van der Waals surface area (Å²) in [7, 11) is 0. The second kappa shape index (κ2) is 7.86. The van der Waals surface area contributed by atoms with Gasteiger partial charge in [-0.3, -0.25) is 4.90 Å². The molecule has 5 heteroatoms. The molecule has 1 aromatic rings. The van der Waals surface area contributed by atoms with Crippen molar-refractivity contribution in [3.63, 3.8) is 0 Å². The van der Waals surface area contributed by atoms with E-state index in [1.54, 1.807) is 0 Å². The lowest BCUT2D eigenvalue weighted by Gasteiger charge is -2.24.